The van der Waals surface area contributed by atoms with Gasteiger partial charge in [-0.2, -0.15) is 0 Å². The maximum absolute atomic E-state index is 12.4. The van der Waals surface area contributed by atoms with Crippen molar-refractivity contribution in [1.29, 1.82) is 0 Å². The van der Waals surface area contributed by atoms with Crippen molar-refractivity contribution in [1.82, 2.24) is 15.8 Å². The minimum Gasteiger partial charge on any atom is -0.378 e. The van der Waals surface area contributed by atoms with Crippen molar-refractivity contribution >= 4 is 49.9 Å². The van der Waals surface area contributed by atoms with Crippen LogP contribution in [0.25, 0.3) is 0 Å². The van der Waals surface area contributed by atoms with Gasteiger partial charge in [0.2, 0.25) is 5.91 Å². The third-order valence-electron chi connectivity index (χ3n) is 4.50. The zero-order valence-corrected chi connectivity index (χ0v) is 17.9. The van der Waals surface area contributed by atoms with Crippen molar-refractivity contribution in [3.05, 3.63) is 10.6 Å². The minimum absolute atomic E-state index is 0.146. The fraction of sp³-hybridized carbons (Fsp3) is 0.706. The van der Waals surface area contributed by atoms with Crippen molar-refractivity contribution in [3.8, 4) is 0 Å². The molecule has 2 saturated heterocycles. The van der Waals surface area contributed by atoms with E-state index in [1.54, 1.807) is 0 Å². The van der Waals surface area contributed by atoms with E-state index in [-0.39, 0.29) is 11.8 Å². The lowest BCUT2D eigenvalue weighted by Gasteiger charge is -2.25. The van der Waals surface area contributed by atoms with Crippen LogP contribution in [0.1, 0.15) is 47.5 Å². The molecule has 2 N–H and O–H groups in total. The zero-order valence-electron chi connectivity index (χ0n) is 15.5. The topological polar surface area (TPSA) is 83.6 Å². The summed E-state index contributed by atoms with van der Waals surface area (Å²) in [7, 11) is 3.91. The molecule has 1 aromatic heterocycles. The molecule has 150 valence electrons. The van der Waals surface area contributed by atoms with Crippen LogP contribution < -0.4 is 15.8 Å². The van der Waals surface area contributed by atoms with Gasteiger partial charge in [0.25, 0.3) is 5.91 Å². The molecule has 2 aliphatic heterocycles. The number of hydrogen-bond acceptors (Lipinski definition) is 8. The molecular formula is C17H26N4O3S3. The molecule has 1 aromatic rings. The lowest BCUT2D eigenvalue weighted by atomic mass is 10.1. The van der Waals surface area contributed by atoms with Crippen molar-refractivity contribution in [2.24, 2.45) is 0 Å². The fourth-order valence-electron chi connectivity index (χ4n) is 2.95. The maximum Gasteiger partial charge on any atom is 0.281 e. The van der Waals surface area contributed by atoms with Crippen LogP contribution >= 0.6 is 32.9 Å². The average molecular weight is 431 g/mol. The van der Waals surface area contributed by atoms with Crippen molar-refractivity contribution in [2.75, 3.05) is 37.0 Å². The Kier molecular flexibility index (Phi) is 8.10. The van der Waals surface area contributed by atoms with Gasteiger partial charge in [0.1, 0.15) is 4.88 Å². The largest absolute Gasteiger partial charge is 0.378 e. The normalized spacial score (nSPS) is 19.9. The molecule has 2 amide bonds. The van der Waals surface area contributed by atoms with Crippen LogP contribution in [-0.4, -0.2) is 54.1 Å². The number of unbranched alkanes of at least 4 members (excludes halogenated alkanes) is 1. The summed E-state index contributed by atoms with van der Waals surface area (Å²) >= 11 is 1.35. The minimum atomic E-state index is -0.308. The molecule has 0 radical (unpaired) electrons. The third-order valence-corrected chi connectivity index (χ3v) is 8.72. The van der Waals surface area contributed by atoms with Crippen LogP contribution in [0, 0.1) is 6.92 Å². The van der Waals surface area contributed by atoms with Gasteiger partial charge in [-0.25, -0.2) is 4.98 Å². The molecule has 2 aliphatic rings. The standard InChI is InChI=1S/C17H26N4O3S3/c1-12-15(26-17(18-12)21-7-9-24-10-8-21)16(23)20-19-14(22)5-3-2-4-13-6-11-25-27-13/h13H,2-11H2,1H3,(H,19,22)(H,20,23)/t13-/m1/s1. The molecule has 10 heteroatoms. The van der Waals surface area contributed by atoms with Gasteiger partial charge in [0.15, 0.2) is 5.13 Å². The van der Waals surface area contributed by atoms with Crippen molar-refractivity contribution < 1.29 is 14.3 Å². The summed E-state index contributed by atoms with van der Waals surface area (Å²) in [5, 5.41) is 1.57. The lowest BCUT2D eigenvalue weighted by Crippen LogP contribution is -2.41. The van der Waals surface area contributed by atoms with Crippen molar-refractivity contribution in [3.63, 3.8) is 0 Å². The molecule has 0 aliphatic carbocycles. The Labute approximate surface area is 171 Å². The second-order valence-electron chi connectivity index (χ2n) is 6.59. The number of hydrazine groups is 1. The molecule has 0 spiro atoms. The van der Waals surface area contributed by atoms with Crippen molar-refractivity contribution in [2.45, 2.75) is 44.3 Å². The van der Waals surface area contributed by atoms with E-state index in [4.69, 9.17) is 4.74 Å². The van der Waals surface area contributed by atoms with Gasteiger partial charge in [0, 0.05) is 30.5 Å². The summed E-state index contributed by atoms with van der Waals surface area (Å²) in [6.45, 7) is 4.73. The highest BCUT2D eigenvalue weighted by molar-refractivity contribution is 8.77. The molecule has 0 saturated carbocycles. The fourth-order valence-corrected chi connectivity index (χ4v) is 6.99. The quantitative estimate of drug-likeness (QED) is 0.391. The van der Waals surface area contributed by atoms with E-state index in [0.717, 1.165) is 36.3 Å². The Morgan fingerprint density at radius 1 is 1.26 bits per heavy atom. The van der Waals surface area contributed by atoms with E-state index in [0.29, 0.717) is 30.2 Å². The van der Waals surface area contributed by atoms with Gasteiger partial charge in [-0.15, -0.1) is 0 Å². The molecule has 0 bridgehead atoms. The Morgan fingerprint density at radius 3 is 2.81 bits per heavy atom. The number of nitrogens with zero attached hydrogens (tertiary/aromatic N) is 2. The number of hydrogen-bond donors (Lipinski definition) is 2. The van der Waals surface area contributed by atoms with Crippen LogP contribution in [0.2, 0.25) is 0 Å². The number of anilines is 1. The first-order valence-corrected chi connectivity index (χ1v) is 12.5. The molecule has 2 fully saturated rings. The van der Waals surface area contributed by atoms with Crippen LogP contribution in [0.15, 0.2) is 0 Å². The smallest absolute Gasteiger partial charge is 0.281 e. The summed E-state index contributed by atoms with van der Waals surface area (Å²) < 4.78 is 5.35. The van der Waals surface area contributed by atoms with E-state index in [9.17, 15) is 9.59 Å². The molecule has 3 heterocycles. The van der Waals surface area contributed by atoms with Gasteiger partial charge in [-0.1, -0.05) is 39.3 Å². The van der Waals surface area contributed by atoms with Crippen LogP contribution in [0.5, 0.6) is 0 Å². The first kappa shape index (κ1) is 20.8. The Bertz CT molecular complexity index is 643. The Balaban J connectivity index is 1.38. The third kappa shape index (κ3) is 6.27. The van der Waals surface area contributed by atoms with Crippen LogP contribution in [0.4, 0.5) is 5.13 Å². The molecule has 0 aromatic carbocycles. The molecular weight excluding hydrogens is 404 g/mol. The number of ether oxygens (including phenoxy) is 1. The van der Waals surface area contributed by atoms with E-state index < -0.39 is 0 Å². The lowest BCUT2D eigenvalue weighted by molar-refractivity contribution is -0.122. The van der Waals surface area contributed by atoms with E-state index >= 15 is 0 Å². The van der Waals surface area contributed by atoms with E-state index in [2.05, 4.69) is 20.7 Å². The van der Waals surface area contributed by atoms with Gasteiger partial charge in [-0.3, -0.25) is 20.4 Å². The molecule has 7 nitrogen and oxygen atoms in total. The van der Waals surface area contributed by atoms with Crippen LogP contribution in [0.3, 0.4) is 0 Å². The number of morpholine rings is 1. The average Bonchev–Trinajstić information content (AvgIpc) is 3.33. The maximum atomic E-state index is 12.4. The monoisotopic (exact) mass is 430 g/mol. The Hall–Kier alpha value is -0.970. The van der Waals surface area contributed by atoms with Gasteiger partial charge in [0.05, 0.1) is 18.9 Å². The second-order valence-corrected chi connectivity index (χ2v) is 10.4. The SMILES string of the molecule is Cc1nc(N2CCOCC2)sc1C(=O)NNC(=O)CCCC[C@@H]1CCSS1. The summed E-state index contributed by atoms with van der Waals surface area (Å²) in [5.41, 5.74) is 5.72. The summed E-state index contributed by atoms with van der Waals surface area (Å²) in [4.78, 5) is 31.5. The molecule has 3 rings (SSSR count). The number of thiazole rings is 1. The van der Waals surface area contributed by atoms with Gasteiger partial charge in [-0.05, 0) is 26.2 Å². The summed E-state index contributed by atoms with van der Waals surface area (Å²) in [6.07, 6.45) is 4.78. The number of carbonyl (C=O) groups is 2. The molecule has 1 atom stereocenters. The summed E-state index contributed by atoms with van der Waals surface area (Å²) in [6, 6.07) is 0. The van der Waals surface area contributed by atoms with E-state index in [1.807, 2.05) is 28.5 Å². The van der Waals surface area contributed by atoms with Gasteiger partial charge >= 0.3 is 0 Å². The number of amides is 2. The highest BCUT2D eigenvalue weighted by atomic mass is 33.1. The predicted octanol–water partition coefficient (Wildman–Crippen LogP) is 2.76. The number of carbonyl (C=O) groups excluding carboxylic acids is 2. The number of aromatic nitrogens is 1. The first-order valence-electron chi connectivity index (χ1n) is 9.31. The Morgan fingerprint density at radius 2 is 2.07 bits per heavy atom. The highest BCUT2D eigenvalue weighted by Gasteiger charge is 2.21. The van der Waals surface area contributed by atoms with Crippen LogP contribution in [-0.2, 0) is 9.53 Å². The predicted molar refractivity (Wildman–Crippen MR) is 112 cm³/mol. The van der Waals surface area contributed by atoms with Gasteiger partial charge < -0.3 is 9.64 Å². The second kappa shape index (κ2) is 10.5. The summed E-state index contributed by atoms with van der Waals surface area (Å²) in [5.74, 6) is 0.788. The molecule has 0 unspecified atom stereocenters. The van der Waals surface area contributed by atoms with E-state index in [1.165, 1.54) is 29.9 Å². The number of nitrogens with one attached hydrogen (secondary N) is 2. The number of rotatable bonds is 7. The highest BCUT2D eigenvalue weighted by Crippen LogP contribution is 2.39. The zero-order chi connectivity index (χ0) is 19.1. The first-order chi connectivity index (χ1) is 13.1. The molecule has 27 heavy (non-hydrogen) atoms. The number of aryl methyl sites for hydroxylation is 1.